The number of amides is 1. The molecule has 0 spiro atoms. The van der Waals surface area contributed by atoms with Crippen molar-refractivity contribution in [2.75, 3.05) is 52.4 Å². The van der Waals surface area contributed by atoms with E-state index in [1.807, 2.05) is 13.8 Å². The van der Waals surface area contributed by atoms with Crippen molar-refractivity contribution in [3.8, 4) is 0 Å². The van der Waals surface area contributed by atoms with Crippen molar-refractivity contribution in [3.05, 3.63) is 0 Å². The molecular weight excluding hydrogens is 312 g/mol. The van der Waals surface area contributed by atoms with Crippen LogP contribution in [0.15, 0.2) is 0 Å². The Balaban J connectivity index is 1.37. The summed E-state index contributed by atoms with van der Waals surface area (Å²) in [6.45, 7) is 20.2. The van der Waals surface area contributed by atoms with E-state index in [1.165, 1.54) is 39.3 Å². The average Bonchev–Trinajstić information content (AvgIpc) is 2.53. The van der Waals surface area contributed by atoms with Gasteiger partial charge in [-0.2, -0.15) is 0 Å². The summed E-state index contributed by atoms with van der Waals surface area (Å²) >= 11 is 0. The highest BCUT2D eigenvalue weighted by molar-refractivity contribution is 5.78. The Hall–Kier alpha value is -0.650. The van der Waals surface area contributed by atoms with Crippen molar-refractivity contribution in [2.45, 2.75) is 65.1 Å². The molecule has 0 radical (unpaired) electrons. The van der Waals surface area contributed by atoms with Crippen molar-refractivity contribution in [1.82, 2.24) is 19.6 Å². The average molecular weight is 351 g/mol. The maximum atomic E-state index is 12.1. The number of hydrogen-bond donors (Lipinski definition) is 0. The zero-order valence-electron chi connectivity index (χ0n) is 17.0. The summed E-state index contributed by atoms with van der Waals surface area (Å²) in [6, 6.07) is 1.46. The topological polar surface area (TPSA) is 30.0 Å². The van der Waals surface area contributed by atoms with Crippen LogP contribution >= 0.6 is 0 Å². The molecule has 3 fully saturated rings. The number of piperazine rings is 1. The Morgan fingerprint density at radius 3 is 1.88 bits per heavy atom. The second-order valence-corrected chi connectivity index (χ2v) is 9.51. The highest BCUT2D eigenvalue weighted by atomic mass is 16.2. The van der Waals surface area contributed by atoms with E-state index in [-0.39, 0.29) is 5.92 Å². The predicted molar refractivity (Wildman–Crippen MR) is 103 cm³/mol. The van der Waals surface area contributed by atoms with Crippen molar-refractivity contribution in [3.63, 3.8) is 0 Å². The van der Waals surface area contributed by atoms with Gasteiger partial charge in [-0.25, -0.2) is 0 Å². The quantitative estimate of drug-likeness (QED) is 0.775. The van der Waals surface area contributed by atoms with Crippen LogP contribution in [-0.4, -0.2) is 95.5 Å². The van der Waals surface area contributed by atoms with Gasteiger partial charge in [0.15, 0.2) is 0 Å². The number of likely N-dealkylation sites (tertiary alicyclic amines) is 2. The third-order valence-corrected chi connectivity index (χ3v) is 6.46. The molecule has 0 N–H and O–H groups in total. The number of hydrogen-bond acceptors (Lipinski definition) is 4. The molecule has 3 rings (SSSR count). The summed E-state index contributed by atoms with van der Waals surface area (Å²) in [7, 11) is 0. The fourth-order valence-corrected chi connectivity index (χ4v) is 4.59. The van der Waals surface area contributed by atoms with Crippen LogP contribution in [0.2, 0.25) is 0 Å². The molecule has 25 heavy (non-hydrogen) atoms. The second kappa shape index (κ2) is 7.53. The number of piperidine rings is 1. The maximum Gasteiger partial charge on any atom is 0.225 e. The maximum absolute atomic E-state index is 12.1. The van der Waals surface area contributed by atoms with E-state index in [4.69, 9.17) is 0 Å². The van der Waals surface area contributed by atoms with Crippen LogP contribution < -0.4 is 0 Å². The van der Waals surface area contributed by atoms with Gasteiger partial charge in [0.25, 0.3) is 0 Å². The standard InChI is InChI=1S/C20H38N4O/c1-16(2)19(25)22-8-6-17(7-9-22)23-14-18(15-23)21-10-12-24(13-11-21)20(3,4)5/h16-18H,6-15H2,1-5H3. The van der Waals surface area contributed by atoms with E-state index in [1.54, 1.807) is 0 Å². The normalized spacial score (nSPS) is 26.2. The third kappa shape index (κ3) is 4.37. The lowest BCUT2D eigenvalue weighted by atomic mass is 9.95. The number of carbonyl (C=O) groups is 1. The van der Waals surface area contributed by atoms with Crippen LogP contribution in [0.4, 0.5) is 0 Å². The monoisotopic (exact) mass is 350 g/mol. The molecule has 0 saturated carbocycles. The molecule has 0 unspecified atom stereocenters. The number of carbonyl (C=O) groups excluding carboxylic acids is 1. The minimum atomic E-state index is 0.136. The molecule has 3 heterocycles. The SMILES string of the molecule is CC(C)C(=O)N1CCC(N2CC(N3CCN(C(C)(C)C)CC3)C2)CC1. The lowest BCUT2D eigenvalue weighted by Gasteiger charge is -2.53. The molecule has 3 aliphatic heterocycles. The third-order valence-electron chi connectivity index (χ3n) is 6.46. The highest BCUT2D eigenvalue weighted by Crippen LogP contribution is 2.26. The molecule has 3 saturated heterocycles. The van der Waals surface area contributed by atoms with Gasteiger partial charge < -0.3 is 4.90 Å². The highest BCUT2D eigenvalue weighted by Gasteiger charge is 2.39. The van der Waals surface area contributed by atoms with E-state index in [2.05, 4.69) is 40.4 Å². The second-order valence-electron chi connectivity index (χ2n) is 9.51. The van der Waals surface area contributed by atoms with Gasteiger partial charge in [0.2, 0.25) is 5.91 Å². The molecule has 3 aliphatic rings. The summed E-state index contributed by atoms with van der Waals surface area (Å²) in [5.41, 5.74) is 0.305. The van der Waals surface area contributed by atoms with Crippen LogP contribution in [0.25, 0.3) is 0 Å². The van der Waals surface area contributed by atoms with Gasteiger partial charge in [0.1, 0.15) is 0 Å². The smallest absolute Gasteiger partial charge is 0.225 e. The van der Waals surface area contributed by atoms with E-state index in [9.17, 15) is 4.79 Å². The summed E-state index contributed by atoms with van der Waals surface area (Å²) in [5.74, 6) is 0.466. The van der Waals surface area contributed by atoms with Gasteiger partial charge in [0.05, 0.1) is 0 Å². The first-order valence-corrected chi connectivity index (χ1v) is 10.3. The molecule has 0 aliphatic carbocycles. The number of nitrogens with zero attached hydrogens (tertiary/aromatic N) is 4. The molecule has 0 bridgehead atoms. The molecule has 1 amide bonds. The van der Waals surface area contributed by atoms with E-state index in [0.29, 0.717) is 17.5 Å². The summed E-state index contributed by atoms with van der Waals surface area (Å²) in [4.78, 5) is 22.2. The summed E-state index contributed by atoms with van der Waals surface area (Å²) < 4.78 is 0. The van der Waals surface area contributed by atoms with Gasteiger partial charge in [-0.05, 0) is 33.6 Å². The zero-order chi connectivity index (χ0) is 18.2. The number of rotatable bonds is 3. The first-order chi connectivity index (χ1) is 11.8. The van der Waals surface area contributed by atoms with Crippen LogP contribution in [0.5, 0.6) is 0 Å². The van der Waals surface area contributed by atoms with Gasteiger partial charge >= 0.3 is 0 Å². The molecule has 5 heteroatoms. The molecular formula is C20H38N4O. The van der Waals surface area contributed by atoms with Crippen LogP contribution in [0.3, 0.4) is 0 Å². The van der Waals surface area contributed by atoms with Gasteiger partial charge in [-0.1, -0.05) is 13.8 Å². The lowest BCUT2D eigenvalue weighted by Crippen LogP contribution is -2.66. The first-order valence-electron chi connectivity index (χ1n) is 10.3. The molecule has 0 aromatic carbocycles. The van der Waals surface area contributed by atoms with Crippen molar-refractivity contribution in [2.24, 2.45) is 5.92 Å². The Morgan fingerprint density at radius 2 is 1.40 bits per heavy atom. The van der Waals surface area contributed by atoms with Crippen molar-refractivity contribution >= 4 is 5.91 Å². The molecule has 5 nitrogen and oxygen atoms in total. The fraction of sp³-hybridized carbons (Fsp3) is 0.950. The van der Waals surface area contributed by atoms with E-state index < -0.39 is 0 Å². The largest absolute Gasteiger partial charge is 0.342 e. The Morgan fingerprint density at radius 1 is 0.840 bits per heavy atom. The van der Waals surface area contributed by atoms with Crippen LogP contribution in [0, 0.1) is 5.92 Å². The zero-order valence-corrected chi connectivity index (χ0v) is 17.0. The fourth-order valence-electron chi connectivity index (χ4n) is 4.59. The van der Waals surface area contributed by atoms with Crippen LogP contribution in [-0.2, 0) is 4.79 Å². The van der Waals surface area contributed by atoms with E-state index in [0.717, 1.165) is 32.0 Å². The summed E-state index contributed by atoms with van der Waals surface area (Å²) in [6.07, 6.45) is 2.31. The summed E-state index contributed by atoms with van der Waals surface area (Å²) in [5, 5.41) is 0. The van der Waals surface area contributed by atoms with Crippen LogP contribution in [0.1, 0.15) is 47.5 Å². The van der Waals surface area contributed by atoms with Crippen molar-refractivity contribution < 1.29 is 4.79 Å². The Kier molecular flexibility index (Phi) is 5.76. The molecule has 0 aromatic heterocycles. The Labute approximate surface area is 154 Å². The van der Waals surface area contributed by atoms with Gasteiger partial charge in [0, 0.05) is 75.9 Å². The Bertz CT molecular complexity index is 451. The van der Waals surface area contributed by atoms with Crippen molar-refractivity contribution in [1.29, 1.82) is 0 Å². The minimum absolute atomic E-state index is 0.136. The predicted octanol–water partition coefficient (Wildman–Crippen LogP) is 1.73. The molecule has 144 valence electrons. The molecule has 0 atom stereocenters. The molecule has 0 aromatic rings. The van der Waals surface area contributed by atoms with Gasteiger partial charge in [-0.3, -0.25) is 19.5 Å². The first kappa shape index (κ1) is 19.1. The minimum Gasteiger partial charge on any atom is -0.342 e. The van der Waals surface area contributed by atoms with E-state index >= 15 is 0 Å². The van der Waals surface area contributed by atoms with Gasteiger partial charge in [-0.15, -0.1) is 0 Å². The lowest BCUT2D eigenvalue weighted by molar-refractivity contribution is -0.136.